The van der Waals surface area contributed by atoms with Crippen molar-refractivity contribution in [2.45, 2.75) is 26.1 Å². The van der Waals surface area contributed by atoms with Gasteiger partial charge in [0.1, 0.15) is 0 Å². The fraction of sp³-hybridized carbons (Fsp3) is 0.192. The Bertz CT molecular complexity index is 1510. The summed E-state index contributed by atoms with van der Waals surface area (Å²) in [5.41, 5.74) is -0.295. The highest BCUT2D eigenvalue weighted by Crippen LogP contribution is 2.35. The smallest absolute Gasteiger partial charge is 0.416 e. The fourth-order valence-corrected chi connectivity index (χ4v) is 4.29. The summed E-state index contributed by atoms with van der Waals surface area (Å²) < 4.78 is 53.2. The minimum atomic E-state index is -4.55. The highest BCUT2D eigenvalue weighted by Gasteiger charge is 2.31. The van der Waals surface area contributed by atoms with Gasteiger partial charge in [-0.05, 0) is 78.4 Å². The third-order valence-corrected chi connectivity index (χ3v) is 5.93. The second-order valence-electron chi connectivity index (χ2n) is 8.09. The van der Waals surface area contributed by atoms with E-state index in [-0.39, 0.29) is 17.5 Å². The molecule has 3 aromatic carbocycles. The van der Waals surface area contributed by atoms with Gasteiger partial charge in [0.25, 0.3) is 5.56 Å². The van der Waals surface area contributed by atoms with Gasteiger partial charge < -0.3 is 9.47 Å². The minimum absolute atomic E-state index is 0.0116. The lowest BCUT2D eigenvalue weighted by molar-refractivity contribution is -0.137. The molecule has 36 heavy (non-hydrogen) atoms. The van der Waals surface area contributed by atoms with Crippen LogP contribution in [0.5, 0.6) is 11.5 Å². The van der Waals surface area contributed by atoms with Gasteiger partial charge in [0.15, 0.2) is 17.3 Å². The summed E-state index contributed by atoms with van der Waals surface area (Å²) in [6.07, 6.45) is -3.18. The van der Waals surface area contributed by atoms with Crippen molar-refractivity contribution in [1.29, 1.82) is 0 Å². The summed E-state index contributed by atoms with van der Waals surface area (Å²) in [5.74, 6) is 1.06. The van der Waals surface area contributed by atoms with Gasteiger partial charge in [-0.25, -0.2) is 4.98 Å². The Hall–Kier alpha value is -3.41. The Kier molecular flexibility index (Phi) is 7.34. The summed E-state index contributed by atoms with van der Waals surface area (Å²) in [5, 5.41) is 4.63. The van der Waals surface area contributed by atoms with Gasteiger partial charge in [-0.1, -0.05) is 24.3 Å². The van der Waals surface area contributed by atoms with Crippen LogP contribution in [-0.2, 0) is 6.18 Å². The first-order chi connectivity index (χ1) is 17.1. The first-order valence-electron chi connectivity index (χ1n) is 10.9. The molecule has 0 N–H and O–H groups in total. The van der Waals surface area contributed by atoms with Crippen molar-refractivity contribution >= 4 is 39.7 Å². The number of hydrogen-bond acceptors (Lipinski definition) is 5. The van der Waals surface area contributed by atoms with Crippen LogP contribution in [0.15, 0.2) is 70.6 Å². The van der Waals surface area contributed by atoms with E-state index in [1.165, 1.54) is 25.5 Å². The van der Waals surface area contributed by atoms with Crippen molar-refractivity contribution in [3.05, 3.63) is 85.7 Å². The number of rotatable bonds is 6. The van der Waals surface area contributed by atoms with E-state index in [0.717, 1.165) is 20.4 Å². The molecule has 4 aromatic rings. The molecule has 0 radical (unpaired) electrons. The van der Waals surface area contributed by atoms with Gasteiger partial charge in [-0.3, -0.25) is 4.79 Å². The number of methoxy groups -OCH3 is 1. The highest BCUT2D eigenvalue weighted by atomic mass is 127. The topological polar surface area (TPSA) is 65.7 Å². The van der Waals surface area contributed by atoms with Crippen molar-refractivity contribution in [3.63, 3.8) is 0 Å². The van der Waals surface area contributed by atoms with E-state index < -0.39 is 17.3 Å². The Morgan fingerprint density at radius 1 is 1.08 bits per heavy atom. The molecular weight excluding hydrogens is 586 g/mol. The maximum Gasteiger partial charge on any atom is 0.416 e. The molecule has 0 amide bonds. The van der Waals surface area contributed by atoms with E-state index in [9.17, 15) is 18.0 Å². The summed E-state index contributed by atoms with van der Waals surface area (Å²) in [6.45, 7) is 3.80. The number of ether oxygens (including phenoxy) is 2. The van der Waals surface area contributed by atoms with E-state index in [0.29, 0.717) is 28.0 Å². The zero-order valence-corrected chi connectivity index (χ0v) is 21.7. The van der Waals surface area contributed by atoms with Crippen LogP contribution in [0.3, 0.4) is 0 Å². The van der Waals surface area contributed by atoms with Gasteiger partial charge in [0, 0.05) is 5.56 Å². The van der Waals surface area contributed by atoms with Crippen molar-refractivity contribution in [2.75, 3.05) is 7.11 Å². The second-order valence-corrected chi connectivity index (χ2v) is 9.26. The predicted molar refractivity (Wildman–Crippen MR) is 141 cm³/mol. The molecule has 4 rings (SSSR count). The second kappa shape index (κ2) is 10.3. The third kappa shape index (κ3) is 5.38. The number of nitrogens with zero attached hydrogens (tertiary/aromatic N) is 3. The van der Waals surface area contributed by atoms with E-state index in [1.54, 1.807) is 36.4 Å². The molecule has 0 bridgehead atoms. The van der Waals surface area contributed by atoms with Gasteiger partial charge in [-0.2, -0.15) is 22.9 Å². The highest BCUT2D eigenvalue weighted by molar-refractivity contribution is 14.1. The number of halogens is 4. The first kappa shape index (κ1) is 25.7. The van der Waals surface area contributed by atoms with Crippen molar-refractivity contribution in [1.82, 2.24) is 9.66 Å². The zero-order chi connectivity index (χ0) is 26.0. The van der Waals surface area contributed by atoms with Crippen LogP contribution in [-0.4, -0.2) is 29.1 Å². The van der Waals surface area contributed by atoms with E-state index in [4.69, 9.17) is 9.47 Å². The summed E-state index contributed by atoms with van der Waals surface area (Å²) >= 11 is 2.11. The monoisotopic (exact) mass is 607 g/mol. The first-order valence-corrected chi connectivity index (χ1v) is 11.9. The molecule has 1 heterocycles. The van der Waals surface area contributed by atoms with Gasteiger partial charge in [0.2, 0.25) is 0 Å². The number of alkyl halides is 3. The average Bonchev–Trinajstić information content (AvgIpc) is 2.84. The molecule has 0 aliphatic heterocycles. The van der Waals surface area contributed by atoms with E-state index in [1.807, 2.05) is 13.8 Å². The van der Waals surface area contributed by atoms with Gasteiger partial charge in [0.05, 0.1) is 39.5 Å². The quantitative estimate of drug-likeness (QED) is 0.189. The van der Waals surface area contributed by atoms with E-state index in [2.05, 4.69) is 32.7 Å². The normalized spacial score (nSPS) is 12.0. The van der Waals surface area contributed by atoms with E-state index >= 15 is 0 Å². The number of fused-ring (bicyclic) bond motifs is 1. The third-order valence-electron chi connectivity index (χ3n) is 5.13. The maximum absolute atomic E-state index is 13.4. The summed E-state index contributed by atoms with van der Waals surface area (Å²) in [6, 6.07) is 14.8. The van der Waals surface area contributed by atoms with Crippen LogP contribution >= 0.6 is 22.6 Å². The lowest BCUT2D eigenvalue weighted by atomic mass is 10.1. The molecule has 6 nitrogen and oxygen atoms in total. The standard InChI is InChI=1S/C26H21F3IN3O3/c1-15(2)36-23-20(30)11-16(12-22(23)35-3)14-31-33-24(17-7-6-8-18(13-17)26(27,28)29)32-21-10-5-4-9-19(21)25(33)34/h4-15H,1-3H3. The molecular formula is C26H21F3IN3O3. The lowest BCUT2D eigenvalue weighted by Gasteiger charge is -2.16. The minimum Gasteiger partial charge on any atom is -0.493 e. The van der Waals surface area contributed by atoms with Gasteiger partial charge in [-0.15, -0.1) is 0 Å². The molecule has 0 aliphatic carbocycles. The SMILES string of the molecule is COc1cc(C=Nn2c(-c3cccc(C(F)(F)F)c3)nc3ccccc3c2=O)cc(I)c1OC(C)C. The molecule has 186 valence electrons. The van der Waals surface area contributed by atoms with Gasteiger partial charge >= 0.3 is 6.18 Å². The molecule has 0 saturated heterocycles. The Morgan fingerprint density at radius 2 is 1.83 bits per heavy atom. The maximum atomic E-state index is 13.4. The fourth-order valence-electron chi connectivity index (χ4n) is 3.54. The Balaban J connectivity index is 1.88. The molecule has 0 fully saturated rings. The molecule has 0 atom stereocenters. The number of hydrogen-bond donors (Lipinski definition) is 0. The van der Waals surface area contributed by atoms with Crippen molar-refractivity contribution < 1.29 is 22.6 Å². The Labute approximate surface area is 218 Å². The average molecular weight is 607 g/mol. The van der Waals surface area contributed by atoms with Crippen LogP contribution in [0, 0.1) is 3.57 Å². The molecule has 10 heteroatoms. The van der Waals surface area contributed by atoms with Crippen LogP contribution in [0.4, 0.5) is 13.2 Å². The molecule has 0 unspecified atom stereocenters. The largest absolute Gasteiger partial charge is 0.493 e. The van der Waals surface area contributed by atoms with Crippen LogP contribution < -0.4 is 15.0 Å². The van der Waals surface area contributed by atoms with Crippen molar-refractivity contribution in [2.24, 2.45) is 5.10 Å². The molecule has 0 spiro atoms. The summed E-state index contributed by atoms with van der Waals surface area (Å²) in [7, 11) is 1.52. The molecule has 1 aromatic heterocycles. The number of aromatic nitrogens is 2. The predicted octanol–water partition coefficient (Wildman–Crippen LogP) is 6.36. The number of para-hydroxylation sites is 1. The van der Waals surface area contributed by atoms with Crippen LogP contribution in [0.25, 0.3) is 22.3 Å². The van der Waals surface area contributed by atoms with Crippen molar-refractivity contribution in [3.8, 4) is 22.9 Å². The number of benzene rings is 3. The molecule has 0 saturated carbocycles. The molecule has 0 aliphatic rings. The Morgan fingerprint density at radius 3 is 2.53 bits per heavy atom. The zero-order valence-electron chi connectivity index (χ0n) is 19.5. The van der Waals surface area contributed by atoms with Crippen LogP contribution in [0.2, 0.25) is 0 Å². The summed E-state index contributed by atoms with van der Waals surface area (Å²) in [4.78, 5) is 17.8. The lowest BCUT2D eigenvalue weighted by Crippen LogP contribution is -2.20. The van der Waals surface area contributed by atoms with Crippen LogP contribution in [0.1, 0.15) is 25.0 Å².